The molecule has 0 aliphatic rings. The molecule has 1 heterocycles. The molecule has 0 saturated carbocycles. The summed E-state index contributed by atoms with van der Waals surface area (Å²) in [4.78, 5) is 0. The van der Waals surface area contributed by atoms with E-state index in [9.17, 15) is 9.50 Å². The van der Waals surface area contributed by atoms with Crippen molar-refractivity contribution in [1.29, 1.82) is 0 Å². The van der Waals surface area contributed by atoms with Crippen LogP contribution in [0.15, 0.2) is 17.5 Å². The van der Waals surface area contributed by atoms with Gasteiger partial charge in [0.15, 0.2) is 11.5 Å². The van der Waals surface area contributed by atoms with Crippen LogP contribution in [0.4, 0.5) is 4.39 Å². The van der Waals surface area contributed by atoms with Crippen molar-refractivity contribution in [3.8, 4) is 11.5 Å². The van der Waals surface area contributed by atoms with Crippen LogP contribution < -0.4 is 4.74 Å². The summed E-state index contributed by atoms with van der Waals surface area (Å²) < 4.78 is 19.1. The number of phenolic OH excluding ortho intramolecular Hbond substituents is 1. The van der Waals surface area contributed by atoms with Crippen molar-refractivity contribution in [3.63, 3.8) is 0 Å². The van der Waals surface area contributed by atoms with E-state index in [-0.39, 0.29) is 11.6 Å². The molecule has 0 aliphatic carbocycles. The van der Waals surface area contributed by atoms with Gasteiger partial charge in [-0.2, -0.15) is 0 Å². The fraction of sp³-hybridized carbons (Fsp3) is 0.200. The highest BCUT2D eigenvalue weighted by Crippen LogP contribution is 2.35. The molecule has 4 heteroatoms. The summed E-state index contributed by atoms with van der Waals surface area (Å²) in [5.74, 6) is 0.0850. The molecule has 1 aromatic heterocycles. The standard InChI is InChI=1S/C10H9FO2S/c1-2-13-9-4-10-6(3-8(9)12)7(11)5-14-10/h3-5,12H,2H2,1H3. The summed E-state index contributed by atoms with van der Waals surface area (Å²) in [6, 6.07) is 3.05. The van der Waals surface area contributed by atoms with Crippen molar-refractivity contribution in [2.75, 3.05) is 6.61 Å². The van der Waals surface area contributed by atoms with E-state index >= 15 is 0 Å². The first-order valence-corrected chi connectivity index (χ1v) is 5.13. The van der Waals surface area contributed by atoms with E-state index in [1.54, 1.807) is 6.07 Å². The molecule has 0 fully saturated rings. The lowest BCUT2D eigenvalue weighted by molar-refractivity contribution is 0.319. The van der Waals surface area contributed by atoms with Crippen LogP contribution in [0.3, 0.4) is 0 Å². The predicted molar refractivity (Wildman–Crippen MR) is 54.6 cm³/mol. The number of ether oxygens (including phenoxy) is 1. The first-order chi connectivity index (χ1) is 6.72. The normalized spacial score (nSPS) is 10.7. The third-order valence-electron chi connectivity index (χ3n) is 1.91. The van der Waals surface area contributed by atoms with Gasteiger partial charge in [-0.25, -0.2) is 4.39 Å². The van der Waals surface area contributed by atoms with E-state index in [1.807, 2.05) is 6.92 Å². The van der Waals surface area contributed by atoms with Crippen molar-refractivity contribution in [1.82, 2.24) is 0 Å². The van der Waals surface area contributed by atoms with E-state index < -0.39 is 0 Å². The van der Waals surface area contributed by atoms with Gasteiger partial charge in [-0.1, -0.05) is 0 Å². The molecule has 0 saturated heterocycles. The second-order valence-electron chi connectivity index (χ2n) is 2.83. The Labute approximate surface area is 84.6 Å². The Balaban J connectivity index is 2.60. The number of rotatable bonds is 2. The quantitative estimate of drug-likeness (QED) is 0.828. The van der Waals surface area contributed by atoms with Crippen LogP contribution in [0.1, 0.15) is 6.92 Å². The molecule has 0 radical (unpaired) electrons. The molecule has 1 aromatic carbocycles. The summed E-state index contributed by atoms with van der Waals surface area (Å²) in [5, 5.41) is 11.4. The number of halogens is 1. The first-order valence-electron chi connectivity index (χ1n) is 4.25. The predicted octanol–water partition coefficient (Wildman–Crippen LogP) is 3.14. The molecule has 0 unspecified atom stereocenters. The maximum absolute atomic E-state index is 13.1. The molecule has 2 aromatic rings. The monoisotopic (exact) mass is 212 g/mol. The minimum Gasteiger partial charge on any atom is -0.504 e. The van der Waals surface area contributed by atoms with Gasteiger partial charge in [0.2, 0.25) is 0 Å². The average Bonchev–Trinajstić information content (AvgIpc) is 2.50. The van der Waals surface area contributed by atoms with Gasteiger partial charge in [-0.05, 0) is 13.0 Å². The molecule has 0 atom stereocenters. The highest BCUT2D eigenvalue weighted by atomic mass is 32.1. The van der Waals surface area contributed by atoms with E-state index in [1.165, 1.54) is 22.8 Å². The Morgan fingerprint density at radius 1 is 1.50 bits per heavy atom. The molecule has 2 rings (SSSR count). The van der Waals surface area contributed by atoms with E-state index in [0.29, 0.717) is 17.7 Å². The highest BCUT2D eigenvalue weighted by molar-refractivity contribution is 7.17. The van der Waals surface area contributed by atoms with Crippen molar-refractivity contribution >= 4 is 21.4 Å². The van der Waals surface area contributed by atoms with Crippen molar-refractivity contribution in [2.24, 2.45) is 0 Å². The van der Waals surface area contributed by atoms with Gasteiger partial charge in [0.25, 0.3) is 0 Å². The lowest BCUT2D eigenvalue weighted by Crippen LogP contribution is -1.91. The zero-order chi connectivity index (χ0) is 10.1. The summed E-state index contributed by atoms with van der Waals surface area (Å²) in [6.45, 7) is 2.31. The van der Waals surface area contributed by atoms with Gasteiger partial charge in [-0.3, -0.25) is 0 Å². The Kier molecular flexibility index (Phi) is 2.29. The molecule has 14 heavy (non-hydrogen) atoms. The summed E-state index contributed by atoms with van der Waals surface area (Å²) in [7, 11) is 0. The second kappa shape index (κ2) is 3.46. The van der Waals surface area contributed by atoms with Crippen LogP contribution in [0.5, 0.6) is 11.5 Å². The lowest BCUT2D eigenvalue weighted by Gasteiger charge is -2.05. The molecular formula is C10H9FO2S. The number of fused-ring (bicyclic) bond motifs is 1. The average molecular weight is 212 g/mol. The first kappa shape index (κ1) is 9.27. The van der Waals surface area contributed by atoms with Crippen LogP contribution in [-0.4, -0.2) is 11.7 Å². The number of phenols is 1. The smallest absolute Gasteiger partial charge is 0.162 e. The Morgan fingerprint density at radius 2 is 2.29 bits per heavy atom. The summed E-state index contributed by atoms with van der Waals surface area (Å²) in [6.07, 6.45) is 0. The second-order valence-corrected chi connectivity index (χ2v) is 3.74. The molecule has 74 valence electrons. The van der Waals surface area contributed by atoms with E-state index in [4.69, 9.17) is 4.74 Å². The van der Waals surface area contributed by atoms with E-state index in [2.05, 4.69) is 0 Å². The van der Waals surface area contributed by atoms with Gasteiger partial charge in [0.1, 0.15) is 5.82 Å². The van der Waals surface area contributed by atoms with Crippen molar-refractivity contribution < 1.29 is 14.2 Å². The molecular weight excluding hydrogens is 203 g/mol. The topological polar surface area (TPSA) is 29.5 Å². The van der Waals surface area contributed by atoms with Crippen molar-refractivity contribution in [3.05, 3.63) is 23.3 Å². The minimum absolute atomic E-state index is 0.0170. The van der Waals surface area contributed by atoms with Crippen LogP contribution in [-0.2, 0) is 0 Å². The van der Waals surface area contributed by atoms with Gasteiger partial charge in [0, 0.05) is 21.5 Å². The van der Waals surface area contributed by atoms with Crippen LogP contribution in [0, 0.1) is 5.82 Å². The molecule has 0 bridgehead atoms. The van der Waals surface area contributed by atoms with Gasteiger partial charge in [-0.15, -0.1) is 11.3 Å². The maximum Gasteiger partial charge on any atom is 0.162 e. The molecule has 2 nitrogen and oxygen atoms in total. The zero-order valence-electron chi connectivity index (χ0n) is 7.58. The number of thiophene rings is 1. The fourth-order valence-corrected chi connectivity index (χ4v) is 2.10. The van der Waals surface area contributed by atoms with Crippen LogP contribution in [0.25, 0.3) is 10.1 Å². The molecule has 0 aliphatic heterocycles. The molecule has 0 amide bonds. The maximum atomic E-state index is 13.1. The van der Waals surface area contributed by atoms with Crippen molar-refractivity contribution in [2.45, 2.75) is 6.92 Å². The van der Waals surface area contributed by atoms with Gasteiger partial charge < -0.3 is 9.84 Å². The SMILES string of the molecule is CCOc1cc2scc(F)c2cc1O. The number of hydrogen-bond acceptors (Lipinski definition) is 3. The molecule has 0 spiro atoms. The van der Waals surface area contributed by atoms with Crippen LogP contribution >= 0.6 is 11.3 Å². The third kappa shape index (κ3) is 1.42. The largest absolute Gasteiger partial charge is 0.504 e. The van der Waals surface area contributed by atoms with Crippen LogP contribution in [0.2, 0.25) is 0 Å². The van der Waals surface area contributed by atoms with Gasteiger partial charge in [0.05, 0.1) is 6.61 Å². The fourth-order valence-electron chi connectivity index (χ4n) is 1.28. The lowest BCUT2D eigenvalue weighted by atomic mass is 10.2. The minimum atomic E-state index is -0.302. The van der Waals surface area contributed by atoms with E-state index in [0.717, 1.165) is 4.70 Å². The molecule has 1 N–H and O–H groups in total. The zero-order valence-corrected chi connectivity index (χ0v) is 8.40. The Bertz CT molecular complexity index is 464. The van der Waals surface area contributed by atoms with Gasteiger partial charge >= 0.3 is 0 Å². The Hall–Kier alpha value is -1.29. The highest BCUT2D eigenvalue weighted by Gasteiger charge is 2.09. The number of benzene rings is 1. The number of aromatic hydroxyl groups is 1. The summed E-state index contributed by atoms with van der Waals surface area (Å²) >= 11 is 1.30. The summed E-state index contributed by atoms with van der Waals surface area (Å²) in [5.41, 5.74) is 0. The Morgan fingerprint density at radius 3 is 3.00 bits per heavy atom. The third-order valence-corrected chi connectivity index (χ3v) is 2.82. The number of hydrogen-bond donors (Lipinski definition) is 1.